The van der Waals surface area contributed by atoms with Crippen LogP contribution in [0, 0.1) is 0 Å². The van der Waals surface area contributed by atoms with Crippen molar-refractivity contribution in [3.63, 3.8) is 0 Å². The first kappa shape index (κ1) is 17.8. The first-order valence-electron chi connectivity index (χ1n) is 7.26. The third-order valence-electron chi connectivity index (χ3n) is 3.09. The largest absolute Gasteiger partial charge is 0.0622 e. The Morgan fingerprint density at radius 3 is 1.13 bits per heavy atom. The molecule has 0 spiro atoms. The molecule has 0 aromatic heterocycles. The van der Waals surface area contributed by atoms with E-state index in [0.717, 1.165) is 6.29 Å². The minimum absolute atomic E-state index is 0.446. The molecule has 0 fully saturated rings. The number of aldehydes is 1. The summed E-state index contributed by atoms with van der Waals surface area (Å²) in [6.07, 6.45) is 0.850. The van der Waals surface area contributed by atoms with Gasteiger partial charge in [0.2, 0.25) is 0 Å². The Labute approximate surface area is 151 Å². The SMILES string of the molecule is O=C[CH2][Au].c1ccc(P(c2ccccc2)c2ccccc2)cc1. The normalized spacial score (nSPS) is 9.87. The topological polar surface area (TPSA) is 17.1 Å². The summed E-state index contributed by atoms with van der Waals surface area (Å²) in [6, 6.07) is 32.3. The number of hydrogen-bond acceptors (Lipinski definition) is 1. The van der Waals surface area contributed by atoms with Crippen molar-refractivity contribution in [3.8, 4) is 0 Å². The molecule has 3 aromatic rings. The summed E-state index contributed by atoms with van der Waals surface area (Å²) in [7, 11) is -0.446. The summed E-state index contributed by atoms with van der Waals surface area (Å²) in [5.74, 6) is 0. The van der Waals surface area contributed by atoms with E-state index < -0.39 is 7.92 Å². The van der Waals surface area contributed by atoms with Gasteiger partial charge < -0.3 is 0 Å². The molecule has 0 aliphatic carbocycles. The van der Waals surface area contributed by atoms with E-state index in [1.807, 2.05) is 0 Å². The van der Waals surface area contributed by atoms with Crippen LogP contribution >= 0.6 is 7.92 Å². The van der Waals surface area contributed by atoms with Crippen LogP contribution in [0.3, 0.4) is 0 Å². The molecule has 0 saturated heterocycles. The average molecular weight is 502 g/mol. The molecule has 3 rings (SSSR count). The molecule has 23 heavy (non-hydrogen) atoms. The number of hydrogen-bond donors (Lipinski definition) is 0. The molecule has 0 N–H and O–H groups in total. The summed E-state index contributed by atoms with van der Waals surface area (Å²) in [4.78, 5) is 9.16. The summed E-state index contributed by atoms with van der Waals surface area (Å²) >= 11 is 2.13. The third-order valence-corrected chi connectivity index (χ3v) is 5.90. The number of carbonyl (C=O) groups excluding carboxylic acids is 1. The van der Waals surface area contributed by atoms with Crippen LogP contribution in [-0.4, -0.2) is 6.29 Å². The van der Waals surface area contributed by atoms with Gasteiger partial charge >= 0.3 is 36.8 Å². The van der Waals surface area contributed by atoms with E-state index in [0.29, 0.717) is 4.64 Å². The van der Waals surface area contributed by atoms with Crippen molar-refractivity contribution < 1.29 is 25.9 Å². The van der Waals surface area contributed by atoms with Gasteiger partial charge in [-0.3, -0.25) is 0 Å². The van der Waals surface area contributed by atoms with Crippen molar-refractivity contribution >= 4 is 30.1 Å². The van der Waals surface area contributed by atoms with Crippen molar-refractivity contribution in [1.82, 2.24) is 0 Å². The zero-order valence-corrected chi connectivity index (χ0v) is 15.7. The van der Waals surface area contributed by atoms with Crippen LogP contribution in [0.1, 0.15) is 0 Å². The number of benzene rings is 3. The molecule has 0 bridgehead atoms. The summed E-state index contributed by atoms with van der Waals surface area (Å²) in [6.45, 7) is 0. The maximum Gasteiger partial charge on any atom is -0.0134 e. The molecule has 3 aromatic carbocycles. The zero-order valence-electron chi connectivity index (χ0n) is 12.6. The van der Waals surface area contributed by atoms with Gasteiger partial charge in [0.25, 0.3) is 0 Å². The van der Waals surface area contributed by atoms with Crippen LogP contribution in [0.2, 0.25) is 4.64 Å². The maximum absolute atomic E-state index is 9.16. The van der Waals surface area contributed by atoms with Crippen molar-refractivity contribution in [2.75, 3.05) is 0 Å². The van der Waals surface area contributed by atoms with E-state index in [1.165, 1.54) is 15.9 Å². The van der Waals surface area contributed by atoms with E-state index in [4.69, 9.17) is 4.79 Å². The molecule has 0 saturated carbocycles. The molecule has 120 valence electrons. The number of rotatable bonds is 4. The zero-order chi connectivity index (χ0) is 16.3. The second-order valence-corrected chi connectivity index (χ2v) is 7.74. The Morgan fingerprint density at radius 1 is 0.652 bits per heavy atom. The molecule has 0 unspecified atom stereocenters. The van der Waals surface area contributed by atoms with Gasteiger partial charge in [0.15, 0.2) is 0 Å². The van der Waals surface area contributed by atoms with E-state index in [1.54, 1.807) is 0 Å². The fraction of sp³-hybridized carbons (Fsp3) is 0.0500. The molecule has 0 heterocycles. The van der Waals surface area contributed by atoms with E-state index in [2.05, 4.69) is 112 Å². The third kappa shape index (κ3) is 5.57. The molecular weight excluding hydrogens is 484 g/mol. The Kier molecular flexibility index (Phi) is 8.00. The smallest absolute Gasteiger partial charge is 0.0134 e. The summed E-state index contributed by atoms with van der Waals surface area (Å²) in [5, 5.41) is 4.19. The van der Waals surface area contributed by atoms with Crippen LogP contribution in [0.25, 0.3) is 0 Å². The van der Waals surface area contributed by atoms with Crippen LogP contribution in [0.5, 0.6) is 0 Å². The van der Waals surface area contributed by atoms with E-state index in [-0.39, 0.29) is 0 Å². The van der Waals surface area contributed by atoms with Gasteiger partial charge in [0.1, 0.15) is 0 Å². The van der Waals surface area contributed by atoms with Crippen LogP contribution in [-0.2, 0) is 25.9 Å². The summed E-state index contributed by atoms with van der Waals surface area (Å²) in [5.41, 5.74) is 0. The molecule has 0 radical (unpaired) electrons. The minimum Gasteiger partial charge on any atom is -0.0622 e. The van der Waals surface area contributed by atoms with Gasteiger partial charge in [0, 0.05) is 0 Å². The van der Waals surface area contributed by atoms with Gasteiger partial charge in [-0.1, -0.05) is 91.0 Å². The fourth-order valence-electron chi connectivity index (χ4n) is 2.18. The van der Waals surface area contributed by atoms with Gasteiger partial charge in [-0.2, -0.15) is 0 Å². The predicted molar refractivity (Wildman–Crippen MR) is 96.0 cm³/mol. The maximum atomic E-state index is 9.16. The average Bonchev–Trinajstić information content (AvgIpc) is 2.65. The first-order chi connectivity index (χ1) is 11.4. The Morgan fingerprint density at radius 2 is 0.913 bits per heavy atom. The van der Waals surface area contributed by atoms with Crippen molar-refractivity contribution in [1.29, 1.82) is 0 Å². The molecule has 0 atom stereocenters. The van der Waals surface area contributed by atoms with Crippen LogP contribution < -0.4 is 15.9 Å². The molecular formula is C20H18AuOP. The van der Waals surface area contributed by atoms with Gasteiger partial charge in [-0.15, -0.1) is 0 Å². The Bertz CT molecular complexity index is 593. The summed E-state index contributed by atoms with van der Waals surface area (Å²) < 4.78 is 0.583. The fourth-order valence-corrected chi connectivity index (χ4v) is 4.48. The van der Waals surface area contributed by atoms with Crippen LogP contribution in [0.4, 0.5) is 0 Å². The monoisotopic (exact) mass is 502 g/mol. The van der Waals surface area contributed by atoms with Gasteiger partial charge in [0.05, 0.1) is 0 Å². The first-order valence-corrected chi connectivity index (χ1v) is 10.1. The van der Waals surface area contributed by atoms with Gasteiger partial charge in [-0.05, 0) is 23.8 Å². The molecule has 3 heteroatoms. The molecule has 1 nitrogen and oxygen atoms in total. The van der Waals surface area contributed by atoms with Gasteiger partial charge in [-0.25, -0.2) is 0 Å². The molecule has 0 amide bonds. The van der Waals surface area contributed by atoms with Crippen molar-refractivity contribution in [3.05, 3.63) is 91.0 Å². The van der Waals surface area contributed by atoms with E-state index >= 15 is 0 Å². The Balaban J connectivity index is 0.000000433. The standard InChI is InChI=1S/C18H15P.C2H3O.Au/c1-4-10-16(11-5-1)19(17-12-6-2-7-13-17)18-14-8-3-9-15-18;1-2-3;/h1-15H;2H,1H2;. The second-order valence-electron chi connectivity index (χ2n) is 4.63. The van der Waals surface area contributed by atoms with E-state index in [9.17, 15) is 0 Å². The molecule has 0 aliphatic heterocycles. The minimum atomic E-state index is -0.446. The Hall–Kier alpha value is -1.50. The predicted octanol–water partition coefficient (Wildman–Crippen LogP) is 3.60. The molecule has 0 aliphatic rings. The quantitative estimate of drug-likeness (QED) is 0.303. The van der Waals surface area contributed by atoms with Crippen molar-refractivity contribution in [2.45, 2.75) is 4.64 Å². The second kappa shape index (κ2) is 10.3. The van der Waals surface area contributed by atoms with Crippen molar-refractivity contribution in [2.24, 2.45) is 0 Å². The van der Waals surface area contributed by atoms with Crippen LogP contribution in [0.15, 0.2) is 91.0 Å². The number of carbonyl (C=O) groups is 1.